The van der Waals surface area contributed by atoms with Gasteiger partial charge in [-0.3, -0.25) is 4.79 Å². The predicted octanol–water partition coefficient (Wildman–Crippen LogP) is 3.84. The summed E-state index contributed by atoms with van der Waals surface area (Å²) in [6.45, 7) is 4.87. The zero-order chi connectivity index (χ0) is 14.5. The van der Waals surface area contributed by atoms with Crippen LogP contribution in [0.15, 0.2) is 48.5 Å². The fourth-order valence-corrected chi connectivity index (χ4v) is 2.23. The molecule has 0 aliphatic heterocycles. The lowest BCUT2D eigenvalue weighted by Gasteiger charge is -2.24. The van der Waals surface area contributed by atoms with Gasteiger partial charge in [-0.2, -0.15) is 0 Å². The van der Waals surface area contributed by atoms with Crippen molar-refractivity contribution < 1.29 is 9.18 Å². The number of aryl methyl sites for hydroxylation is 1. The van der Waals surface area contributed by atoms with Crippen LogP contribution >= 0.6 is 0 Å². The van der Waals surface area contributed by atoms with Crippen molar-refractivity contribution in [1.29, 1.82) is 0 Å². The number of likely N-dealkylation sites (N-methyl/N-ethyl adjacent to an activating group) is 1. The lowest BCUT2D eigenvalue weighted by atomic mass is 10.1. The summed E-state index contributed by atoms with van der Waals surface area (Å²) in [5.41, 5.74) is 2.27. The Hall–Kier alpha value is -2.16. The summed E-state index contributed by atoms with van der Waals surface area (Å²) in [4.78, 5) is 14.2. The predicted molar refractivity (Wildman–Crippen MR) is 79.8 cm³/mol. The van der Waals surface area contributed by atoms with E-state index in [1.54, 1.807) is 12.1 Å². The fraction of sp³-hybridized carbons (Fsp3) is 0.235. The van der Waals surface area contributed by atoms with Crippen LogP contribution in [0.3, 0.4) is 0 Å². The highest BCUT2D eigenvalue weighted by Crippen LogP contribution is 2.20. The van der Waals surface area contributed by atoms with E-state index < -0.39 is 5.82 Å². The number of hydrogen-bond donors (Lipinski definition) is 0. The SMILES string of the molecule is CCN(CC(=O)c1ccccc1F)c1ccccc1C. The number of carbonyl (C=O) groups is 1. The molecule has 20 heavy (non-hydrogen) atoms. The number of hydrogen-bond acceptors (Lipinski definition) is 2. The summed E-state index contributed by atoms with van der Waals surface area (Å²) in [5.74, 6) is -0.661. The van der Waals surface area contributed by atoms with Gasteiger partial charge in [0.15, 0.2) is 5.78 Å². The van der Waals surface area contributed by atoms with E-state index in [9.17, 15) is 9.18 Å². The molecule has 0 atom stereocenters. The van der Waals surface area contributed by atoms with E-state index in [1.165, 1.54) is 12.1 Å². The molecule has 104 valence electrons. The Labute approximate surface area is 118 Å². The molecule has 0 radical (unpaired) electrons. The van der Waals surface area contributed by atoms with Gasteiger partial charge < -0.3 is 4.90 Å². The topological polar surface area (TPSA) is 20.3 Å². The van der Waals surface area contributed by atoms with E-state index >= 15 is 0 Å². The summed E-state index contributed by atoms with van der Waals surface area (Å²) in [6.07, 6.45) is 0. The van der Waals surface area contributed by atoms with E-state index in [1.807, 2.05) is 43.0 Å². The second kappa shape index (κ2) is 6.33. The quantitative estimate of drug-likeness (QED) is 0.770. The minimum Gasteiger partial charge on any atom is -0.364 e. The van der Waals surface area contributed by atoms with Gasteiger partial charge in [-0.1, -0.05) is 30.3 Å². The number of Topliss-reactive ketones (excluding diaryl/α,β-unsaturated/α-hetero) is 1. The van der Waals surface area contributed by atoms with Crippen molar-refractivity contribution in [2.45, 2.75) is 13.8 Å². The van der Waals surface area contributed by atoms with E-state index in [-0.39, 0.29) is 17.9 Å². The average molecular weight is 271 g/mol. The van der Waals surface area contributed by atoms with Crippen molar-refractivity contribution in [1.82, 2.24) is 0 Å². The van der Waals surface area contributed by atoms with E-state index in [0.29, 0.717) is 6.54 Å². The van der Waals surface area contributed by atoms with Gasteiger partial charge in [0.05, 0.1) is 12.1 Å². The minimum atomic E-state index is -0.460. The molecule has 3 heteroatoms. The Balaban J connectivity index is 2.21. The first-order chi connectivity index (χ1) is 9.63. The molecule has 0 unspecified atom stereocenters. The highest BCUT2D eigenvalue weighted by atomic mass is 19.1. The van der Waals surface area contributed by atoms with E-state index in [2.05, 4.69) is 0 Å². The van der Waals surface area contributed by atoms with Crippen molar-refractivity contribution in [3.8, 4) is 0 Å². The van der Waals surface area contributed by atoms with Crippen LogP contribution in [-0.4, -0.2) is 18.9 Å². The minimum absolute atomic E-state index is 0.152. The van der Waals surface area contributed by atoms with Crippen LogP contribution in [-0.2, 0) is 0 Å². The van der Waals surface area contributed by atoms with Gasteiger partial charge in [-0.25, -0.2) is 4.39 Å². The van der Waals surface area contributed by atoms with Crippen molar-refractivity contribution >= 4 is 11.5 Å². The molecule has 0 aromatic heterocycles. The molecule has 0 aliphatic carbocycles. The van der Waals surface area contributed by atoms with Crippen molar-refractivity contribution in [2.24, 2.45) is 0 Å². The number of nitrogens with zero attached hydrogens (tertiary/aromatic N) is 1. The number of benzene rings is 2. The smallest absolute Gasteiger partial charge is 0.185 e. The summed E-state index contributed by atoms with van der Waals surface area (Å²) >= 11 is 0. The third kappa shape index (κ3) is 3.05. The molecule has 2 nitrogen and oxygen atoms in total. The lowest BCUT2D eigenvalue weighted by Crippen LogP contribution is -2.30. The van der Waals surface area contributed by atoms with Crippen LogP contribution in [0, 0.1) is 12.7 Å². The molecular formula is C17H18FNO. The Bertz CT molecular complexity index is 609. The van der Waals surface area contributed by atoms with Gasteiger partial charge in [0, 0.05) is 12.2 Å². The van der Waals surface area contributed by atoms with E-state index in [4.69, 9.17) is 0 Å². The van der Waals surface area contributed by atoms with Gasteiger partial charge in [0.2, 0.25) is 0 Å². The molecule has 0 fully saturated rings. The van der Waals surface area contributed by atoms with Crippen molar-refractivity contribution in [3.63, 3.8) is 0 Å². The first kappa shape index (κ1) is 14.3. The number of ketones is 1. The molecule has 0 saturated heterocycles. The van der Waals surface area contributed by atoms with Crippen LogP contribution < -0.4 is 4.90 Å². The van der Waals surface area contributed by atoms with Crippen LogP contribution in [0.1, 0.15) is 22.8 Å². The normalized spacial score (nSPS) is 10.3. The number of carbonyl (C=O) groups excluding carboxylic acids is 1. The maximum Gasteiger partial charge on any atom is 0.185 e. The van der Waals surface area contributed by atoms with Gasteiger partial charge in [0.1, 0.15) is 5.82 Å². The number of para-hydroxylation sites is 1. The van der Waals surface area contributed by atoms with Crippen LogP contribution in [0.2, 0.25) is 0 Å². The van der Waals surface area contributed by atoms with Crippen LogP contribution in [0.25, 0.3) is 0 Å². The standard InChI is InChI=1S/C17H18FNO/c1-3-19(16-11-7-4-8-13(16)2)12-17(20)14-9-5-6-10-15(14)18/h4-11H,3,12H2,1-2H3. The third-order valence-electron chi connectivity index (χ3n) is 3.35. The average Bonchev–Trinajstić information content (AvgIpc) is 2.46. The van der Waals surface area contributed by atoms with Gasteiger partial charge in [-0.05, 0) is 37.6 Å². The molecule has 0 N–H and O–H groups in total. The van der Waals surface area contributed by atoms with Gasteiger partial charge >= 0.3 is 0 Å². The molecule has 0 aliphatic rings. The highest BCUT2D eigenvalue weighted by molar-refractivity contribution is 5.99. The largest absolute Gasteiger partial charge is 0.364 e. The first-order valence-electron chi connectivity index (χ1n) is 6.71. The highest BCUT2D eigenvalue weighted by Gasteiger charge is 2.15. The second-order valence-electron chi connectivity index (χ2n) is 4.70. The number of rotatable bonds is 5. The molecule has 0 spiro atoms. The molecule has 0 saturated carbocycles. The Morgan fingerprint density at radius 3 is 2.40 bits per heavy atom. The third-order valence-corrected chi connectivity index (χ3v) is 3.35. The summed E-state index contributed by atoms with van der Waals surface area (Å²) in [7, 11) is 0. The summed E-state index contributed by atoms with van der Waals surface area (Å²) in [5, 5.41) is 0. The molecule has 0 bridgehead atoms. The number of anilines is 1. The molecular weight excluding hydrogens is 253 g/mol. The van der Waals surface area contributed by atoms with Crippen LogP contribution in [0.4, 0.5) is 10.1 Å². The lowest BCUT2D eigenvalue weighted by molar-refractivity contribution is 0.0995. The van der Waals surface area contributed by atoms with Crippen molar-refractivity contribution in [3.05, 3.63) is 65.5 Å². The Kier molecular flexibility index (Phi) is 4.51. The monoisotopic (exact) mass is 271 g/mol. The zero-order valence-corrected chi connectivity index (χ0v) is 11.8. The van der Waals surface area contributed by atoms with Gasteiger partial charge in [-0.15, -0.1) is 0 Å². The Morgan fingerprint density at radius 2 is 1.75 bits per heavy atom. The van der Waals surface area contributed by atoms with Crippen LogP contribution in [0.5, 0.6) is 0 Å². The zero-order valence-electron chi connectivity index (χ0n) is 11.8. The fourth-order valence-electron chi connectivity index (χ4n) is 2.23. The Morgan fingerprint density at radius 1 is 1.10 bits per heavy atom. The van der Waals surface area contributed by atoms with Crippen molar-refractivity contribution in [2.75, 3.05) is 18.0 Å². The maximum atomic E-state index is 13.6. The molecule has 2 rings (SSSR count). The molecule has 0 amide bonds. The number of halogens is 1. The maximum absolute atomic E-state index is 13.6. The van der Waals surface area contributed by atoms with E-state index in [0.717, 1.165) is 11.3 Å². The van der Waals surface area contributed by atoms with Gasteiger partial charge in [0.25, 0.3) is 0 Å². The molecule has 2 aromatic rings. The summed E-state index contributed by atoms with van der Waals surface area (Å²) in [6, 6.07) is 14.0. The first-order valence-corrected chi connectivity index (χ1v) is 6.71. The molecule has 0 heterocycles. The molecule has 2 aromatic carbocycles. The second-order valence-corrected chi connectivity index (χ2v) is 4.70. The summed E-state index contributed by atoms with van der Waals surface area (Å²) < 4.78 is 13.6.